The van der Waals surface area contributed by atoms with Crippen LogP contribution >= 0.6 is 12.2 Å². The predicted molar refractivity (Wildman–Crippen MR) is 150 cm³/mol. The molecule has 1 saturated heterocycles. The summed E-state index contributed by atoms with van der Waals surface area (Å²) in [6.45, 7) is 6.61. The Labute approximate surface area is 226 Å². The van der Waals surface area contributed by atoms with E-state index in [1.807, 2.05) is 24.3 Å². The minimum Gasteiger partial charge on any atom is -0.352 e. The Morgan fingerprint density at radius 1 is 1.05 bits per heavy atom. The number of carbonyl (C=O) groups excluding carboxylic acids is 1. The highest BCUT2D eigenvalue weighted by molar-refractivity contribution is 7.80. The van der Waals surface area contributed by atoms with Gasteiger partial charge in [0.05, 0.1) is 17.8 Å². The van der Waals surface area contributed by atoms with Crippen LogP contribution in [0.1, 0.15) is 46.7 Å². The summed E-state index contributed by atoms with van der Waals surface area (Å²) in [6, 6.07) is 17.4. The van der Waals surface area contributed by atoms with Crippen LogP contribution in [-0.2, 0) is 4.79 Å². The monoisotopic (exact) mass is 528 g/mol. The maximum absolute atomic E-state index is 13.2. The molecule has 0 saturated carbocycles. The van der Waals surface area contributed by atoms with Crippen molar-refractivity contribution in [3.8, 4) is 5.82 Å². The molecule has 194 valence electrons. The molecule has 38 heavy (non-hydrogen) atoms. The Bertz CT molecular complexity index is 1470. The van der Waals surface area contributed by atoms with Gasteiger partial charge in [0.1, 0.15) is 11.6 Å². The van der Waals surface area contributed by atoms with Gasteiger partial charge in [-0.3, -0.25) is 9.78 Å². The highest BCUT2D eigenvalue weighted by atomic mass is 32.1. The van der Waals surface area contributed by atoms with E-state index in [4.69, 9.17) is 12.2 Å². The van der Waals surface area contributed by atoms with E-state index in [9.17, 15) is 9.18 Å². The van der Waals surface area contributed by atoms with Gasteiger partial charge in [0.2, 0.25) is 5.91 Å². The van der Waals surface area contributed by atoms with Gasteiger partial charge in [0, 0.05) is 42.4 Å². The molecule has 0 spiro atoms. The molecule has 9 heteroatoms. The molecule has 7 nitrogen and oxygen atoms in total. The van der Waals surface area contributed by atoms with E-state index in [0.29, 0.717) is 17.3 Å². The number of benzene rings is 1. The molecule has 1 amide bonds. The smallest absolute Gasteiger partial charge is 0.226 e. The van der Waals surface area contributed by atoms with Crippen LogP contribution in [0.2, 0.25) is 0 Å². The molecule has 0 radical (unpaired) electrons. The fourth-order valence-electron chi connectivity index (χ4n) is 5.09. The molecule has 1 aliphatic rings. The number of thiocarbonyl (C=S) groups is 1. The van der Waals surface area contributed by atoms with Gasteiger partial charge in [0.15, 0.2) is 5.11 Å². The first-order chi connectivity index (χ1) is 18.3. The SMILES string of the molecule is Cc1cccnc1-n1c(C)cc([C@@H]2[C@@H](c3ccccn3)NC(=S)N2CCC(=O)Nc2ccc(F)cc2)c1C. The van der Waals surface area contributed by atoms with Crippen molar-refractivity contribution in [2.24, 2.45) is 0 Å². The molecule has 4 heterocycles. The Balaban J connectivity index is 1.47. The molecular formula is C29H29FN6OS. The van der Waals surface area contributed by atoms with E-state index < -0.39 is 0 Å². The molecule has 2 atom stereocenters. The minimum atomic E-state index is -0.349. The lowest BCUT2D eigenvalue weighted by Crippen LogP contribution is -2.32. The van der Waals surface area contributed by atoms with Crippen LogP contribution in [-0.4, -0.2) is 37.0 Å². The van der Waals surface area contributed by atoms with Gasteiger partial charge in [-0.15, -0.1) is 0 Å². The molecular weight excluding hydrogens is 499 g/mol. The van der Waals surface area contributed by atoms with Crippen LogP contribution < -0.4 is 10.6 Å². The quantitative estimate of drug-likeness (QED) is 0.316. The standard InChI is InChI=1S/C29H29FN6OS/c1-18-7-6-15-32-28(18)36-19(2)17-23(20(36)3)27-26(24-8-4-5-14-31-24)34-29(38)35(27)16-13-25(37)33-22-11-9-21(30)10-12-22/h4-12,14-15,17,26-27H,13,16H2,1-3H3,(H,33,37)(H,34,38)/t26-,27-/m1/s1. The summed E-state index contributed by atoms with van der Waals surface area (Å²) in [7, 11) is 0. The highest BCUT2D eigenvalue weighted by Crippen LogP contribution is 2.41. The lowest BCUT2D eigenvalue weighted by Gasteiger charge is -2.28. The third-order valence-corrected chi connectivity index (χ3v) is 7.24. The first kappa shape index (κ1) is 25.5. The van der Waals surface area contributed by atoms with Crippen molar-refractivity contribution in [3.63, 3.8) is 0 Å². The number of aryl methyl sites for hydroxylation is 2. The summed E-state index contributed by atoms with van der Waals surface area (Å²) in [5.74, 6) is 0.370. The second-order valence-electron chi connectivity index (χ2n) is 9.43. The number of nitrogens with one attached hydrogen (secondary N) is 2. The maximum atomic E-state index is 13.2. The molecule has 1 fully saturated rings. The van der Waals surface area contributed by atoms with Crippen molar-refractivity contribution in [2.75, 3.05) is 11.9 Å². The van der Waals surface area contributed by atoms with Gasteiger partial charge < -0.3 is 20.1 Å². The highest BCUT2D eigenvalue weighted by Gasteiger charge is 2.41. The summed E-state index contributed by atoms with van der Waals surface area (Å²) in [5, 5.41) is 6.86. The van der Waals surface area contributed by atoms with Crippen molar-refractivity contribution >= 4 is 28.9 Å². The van der Waals surface area contributed by atoms with Crippen molar-refractivity contribution in [1.29, 1.82) is 0 Å². The van der Waals surface area contributed by atoms with Gasteiger partial charge >= 0.3 is 0 Å². The van der Waals surface area contributed by atoms with E-state index in [1.165, 1.54) is 12.1 Å². The second kappa shape index (κ2) is 10.7. The zero-order valence-electron chi connectivity index (χ0n) is 21.5. The predicted octanol–water partition coefficient (Wildman–Crippen LogP) is 5.33. The zero-order chi connectivity index (χ0) is 26.8. The summed E-state index contributed by atoms with van der Waals surface area (Å²) < 4.78 is 15.4. The summed E-state index contributed by atoms with van der Waals surface area (Å²) in [5.41, 5.74) is 5.71. The molecule has 1 aromatic carbocycles. The molecule has 5 rings (SSSR count). The minimum absolute atomic E-state index is 0.172. The number of amides is 1. The van der Waals surface area contributed by atoms with Crippen molar-refractivity contribution < 1.29 is 9.18 Å². The molecule has 0 unspecified atom stereocenters. The molecule has 0 aliphatic carbocycles. The van der Waals surface area contributed by atoms with Gasteiger partial charge in [0.25, 0.3) is 0 Å². The van der Waals surface area contributed by atoms with Crippen molar-refractivity contribution in [1.82, 2.24) is 24.8 Å². The largest absolute Gasteiger partial charge is 0.352 e. The van der Waals surface area contributed by atoms with Gasteiger partial charge in [-0.1, -0.05) is 12.1 Å². The number of aromatic nitrogens is 3. The normalized spacial score (nSPS) is 16.9. The number of carbonyl (C=O) groups is 1. The Morgan fingerprint density at radius 2 is 1.82 bits per heavy atom. The fourth-order valence-corrected chi connectivity index (χ4v) is 5.42. The lowest BCUT2D eigenvalue weighted by molar-refractivity contribution is -0.116. The first-order valence-corrected chi connectivity index (χ1v) is 12.9. The van der Waals surface area contributed by atoms with Crippen LogP contribution in [0.4, 0.5) is 10.1 Å². The zero-order valence-corrected chi connectivity index (χ0v) is 22.3. The van der Waals surface area contributed by atoms with Crippen LogP contribution in [0.25, 0.3) is 5.82 Å². The maximum Gasteiger partial charge on any atom is 0.226 e. The average Bonchev–Trinajstić information content (AvgIpc) is 3.39. The van der Waals surface area contributed by atoms with Crippen molar-refractivity contribution in [2.45, 2.75) is 39.3 Å². The summed E-state index contributed by atoms with van der Waals surface area (Å²) in [6.07, 6.45) is 3.79. The Morgan fingerprint density at radius 3 is 2.53 bits per heavy atom. The number of nitrogens with zero attached hydrogens (tertiary/aromatic N) is 4. The molecule has 4 aromatic rings. The van der Waals surface area contributed by atoms with Gasteiger partial charge in [-0.25, -0.2) is 9.37 Å². The summed E-state index contributed by atoms with van der Waals surface area (Å²) in [4.78, 5) is 24.1. The number of hydrogen-bond donors (Lipinski definition) is 2. The topological polar surface area (TPSA) is 75.1 Å². The third-order valence-electron chi connectivity index (χ3n) is 6.89. The summed E-state index contributed by atoms with van der Waals surface area (Å²) >= 11 is 5.78. The number of rotatable bonds is 7. The third kappa shape index (κ3) is 5.02. The van der Waals surface area contributed by atoms with Crippen molar-refractivity contribution in [3.05, 3.63) is 107 Å². The van der Waals surface area contributed by atoms with Gasteiger partial charge in [-0.05, 0) is 92.6 Å². The first-order valence-electron chi connectivity index (χ1n) is 12.5. The number of halogens is 1. The number of pyridine rings is 2. The Kier molecular flexibility index (Phi) is 7.20. The van der Waals surface area contributed by atoms with E-state index in [-0.39, 0.29) is 30.2 Å². The van der Waals surface area contributed by atoms with E-state index >= 15 is 0 Å². The fraction of sp³-hybridized carbons (Fsp3) is 0.241. The second-order valence-corrected chi connectivity index (χ2v) is 9.82. The van der Waals surface area contributed by atoms with Crippen LogP contribution in [0.15, 0.2) is 73.1 Å². The lowest BCUT2D eigenvalue weighted by atomic mass is 9.96. The molecule has 2 N–H and O–H groups in total. The van der Waals surface area contributed by atoms with Gasteiger partial charge in [-0.2, -0.15) is 0 Å². The van der Waals surface area contributed by atoms with Crippen LogP contribution in [0.3, 0.4) is 0 Å². The molecule has 3 aromatic heterocycles. The van der Waals surface area contributed by atoms with E-state index in [1.54, 1.807) is 24.5 Å². The van der Waals surface area contributed by atoms with Crippen LogP contribution in [0, 0.1) is 26.6 Å². The Hall–Kier alpha value is -4.11. The molecule has 0 bridgehead atoms. The van der Waals surface area contributed by atoms with E-state index in [2.05, 4.69) is 63.0 Å². The average molecular weight is 529 g/mol. The van der Waals surface area contributed by atoms with E-state index in [0.717, 1.165) is 34.0 Å². The number of hydrogen-bond acceptors (Lipinski definition) is 4. The van der Waals surface area contributed by atoms with Crippen LogP contribution in [0.5, 0.6) is 0 Å². The molecule has 1 aliphatic heterocycles. The number of anilines is 1.